The lowest BCUT2D eigenvalue weighted by molar-refractivity contribution is 0.00241. The highest BCUT2D eigenvalue weighted by Gasteiger charge is 2.17. The highest BCUT2D eigenvalue weighted by atomic mass is 19.1. The zero-order chi connectivity index (χ0) is 13.5. The first-order chi connectivity index (χ1) is 9.29. The van der Waals surface area contributed by atoms with Crippen LogP contribution in [0.4, 0.5) is 4.39 Å². The molecule has 0 aliphatic carbocycles. The Morgan fingerprint density at radius 1 is 1.26 bits per heavy atom. The molecule has 0 aromatic heterocycles. The van der Waals surface area contributed by atoms with Crippen LogP contribution in [0.2, 0.25) is 0 Å². The number of hydrazine groups is 1. The minimum Gasteiger partial charge on any atom is -0.379 e. The number of halogens is 1. The second-order valence-electron chi connectivity index (χ2n) is 4.97. The summed E-state index contributed by atoms with van der Waals surface area (Å²) in [6.45, 7) is 5.55. The van der Waals surface area contributed by atoms with Crippen molar-refractivity contribution in [3.8, 4) is 0 Å². The van der Waals surface area contributed by atoms with Crippen molar-refractivity contribution in [2.24, 2.45) is 0 Å². The van der Waals surface area contributed by atoms with Gasteiger partial charge in [-0.25, -0.2) is 14.8 Å². The van der Waals surface area contributed by atoms with E-state index in [9.17, 15) is 4.39 Å². The molecule has 2 rings (SSSR count). The first kappa shape index (κ1) is 14.4. The molecule has 1 unspecified atom stereocenters. The summed E-state index contributed by atoms with van der Waals surface area (Å²) in [4.78, 5) is 0. The fourth-order valence-corrected chi connectivity index (χ4v) is 2.32. The van der Waals surface area contributed by atoms with Gasteiger partial charge in [0.25, 0.3) is 0 Å². The highest BCUT2D eigenvalue weighted by molar-refractivity contribution is 5.19. The molecule has 3 nitrogen and oxygen atoms in total. The molecule has 0 radical (unpaired) electrons. The molecule has 4 heteroatoms. The van der Waals surface area contributed by atoms with Gasteiger partial charge in [-0.1, -0.05) is 31.9 Å². The molecule has 1 aromatic carbocycles. The summed E-state index contributed by atoms with van der Waals surface area (Å²) >= 11 is 0. The lowest BCUT2D eigenvalue weighted by Gasteiger charge is -2.32. The summed E-state index contributed by atoms with van der Waals surface area (Å²) in [5, 5.41) is 2.22. The van der Waals surface area contributed by atoms with E-state index in [0.717, 1.165) is 38.3 Å². The second kappa shape index (κ2) is 7.58. The molecule has 1 heterocycles. The Morgan fingerprint density at radius 2 is 1.95 bits per heavy atom. The van der Waals surface area contributed by atoms with Gasteiger partial charge in [0.15, 0.2) is 0 Å². The molecule has 0 amide bonds. The van der Waals surface area contributed by atoms with Crippen LogP contribution in [0.1, 0.15) is 37.8 Å². The van der Waals surface area contributed by atoms with Crippen molar-refractivity contribution in [2.45, 2.75) is 32.2 Å². The summed E-state index contributed by atoms with van der Waals surface area (Å²) in [5.41, 5.74) is 4.71. The molecule has 1 atom stereocenters. The molecule has 0 bridgehead atoms. The number of rotatable bonds is 6. The van der Waals surface area contributed by atoms with Crippen molar-refractivity contribution in [3.63, 3.8) is 0 Å². The Labute approximate surface area is 114 Å². The number of unbranched alkanes of at least 4 members (excludes halogenated alkanes) is 1. The van der Waals surface area contributed by atoms with E-state index in [-0.39, 0.29) is 11.9 Å². The first-order valence-electron chi connectivity index (χ1n) is 7.14. The number of hydrogen-bond acceptors (Lipinski definition) is 3. The van der Waals surface area contributed by atoms with Crippen LogP contribution in [0.15, 0.2) is 24.3 Å². The minimum absolute atomic E-state index is 0.177. The molecule has 0 saturated carbocycles. The van der Waals surface area contributed by atoms with Crippen molar-refractivity contribution in [3.05, 3.63) is 35.6 Å². The van der Waals surface area contributed by atoms with Crippen LogP contribution in [0.5, 0.6) is 0 Å². The number of ether oxygens (including phenoxy) is 1. The molecule has 1 aliphatic rings. The van der Waals surface area contributed by atoms with E-state index in [4.69, 9.17) is 4.74 Å². The predicted molar refractivity (Wildman–Crippen MR) is 74.2 cm³/mol. The number of nitrogens with one attached hydrogen (secondary N) is 1. The first-order valence-corrected chi connectivity index (χ1v) is 7.14. The van der Waals surface area contributed by atoms with Gasteiger partial charge in [0.1, 0.15) is 5.82 Å². The topological polar surface area (TPSA) is 24.5 Å². The standard InChI is InChI=1S/C15H23FN2O/c1-2-3-4-15(13-5-7-14(16)8-6-13)17-18-9-11-19-12-10-18/h5-8,15,17H,2-4,9-12H2,1H3. The van der Waals surface area contributed by atoms with Crippen LogP contribution >= 0.6 is 0 Å². The normalized spacial score (nSPS) is 18.4. The fraction of sp³-hybridized carbons (Fsp3) is 0.600. The van der Waals surface area contributed by atoms with Crippen molar-refractivity contribution in [2.75, 3.05) is 26.3 Å². The highest BCUT2D eigenvalue weighted by Crippen LogP contribution is 2.20. The van der Waals surface area contributed by atoms with Crippen LogP contribution in [-0.2, 0) is 4.74 Å². The molecule has 1 saturated heterocycles. The van der Waals surface area contributed by atoms with Crippen LogP contribution in [0.3, 0.4) is 0 Å². The zero-order valence-corrected chi connectivity index (χ0v) is 11.6. The van der Waals surface area contributed by atoms with Gasteiger partial charge in [-0.2, -0.15) is 0 Å². The Kier molecular flexibility index (Phi) is 5.76. The quantitative estimate of drug-likeness (QED) is 0.857. The van der Waals surface area contributed by atoms with Gasteiger partial charge in [0.2, 0.25) is 0 Å². The molecule has 1 N–H and O–H groups in total. The summed E-state index contributed by atoms with van der Waals surface area (Å²) in [6.07, 6.45) is 3.40. The number of hydrogen-bond donors (Lipinski definition) is 1. The summed E-state index contributed by atoms with van der Waals surface area (Å²) in [6, 6.07) is 7.09. The maximum atomic E-state index is 13.0. The minimum atomic E-state index is -0.177. The van der Waals surface area contributed by atoms with Crippen molar-refractivity contribution < 1.29 is 9.13 Å². The molecular weight excluding hydrogens is 243 g/mol. The monoisotopic (exact) mass is 266 g/mol. The van der Waals surface area contributed by atoms with Crippen LogP contribution in [0.25, 0.3) is 0 Å². The third-order valence-corrected chi connectivity index (χ3v) is 3.47. The van der Waals surface area contributed by atoms with Crippen molar-refractivity contribution >= 4 is 0 Å². The zero-order valence-electron chi connectivity index (χ0n) is 11.6. The smallest absolute Gasteiger partial charge is 0.123 e. The largest absolute Gasteiger partial charge is 0.379 e. The van der Waals surface area contributed by atoms with Crippen LogP contribution < -0.4 is 5.43 Å². The number of benzene rings is 1. The average molecular weight is 266 g/mol. The summed E-state index contributed by atoms with van der Waals surface area (Å²) in [7, 11) is 0. The van der Waals surface area contributed by atoms with Crippen molar-refractivity contribution in [1.29, 1.82) is 0 Å². The van der Waals surface area contributed by atoms with E-state index in [0.29, 0.717) is 0 Å². The van der Waals surface area contributed by atoms with Gasteiger partial charge < -0.3 is 4.74 Å². The fourth-order valence-electron chi connectivity index (χ4n) is 2.32. The Balaban J connectivity index is 1.99. The lowest BCUT2D eigenvalue weighted by Crippen LogP contribution is -2.47. The Bertz CT molecular complexity index is 363. The van der Waals surface area contributed by atoms with E-state index in [1.807, 2.05) is 12.1 Å². The number of morpholine rings is 1. The third kappa shape index (κ3) is 4.56. The molecule has 106 valence electrons. The van der Waals surface area contributed by atoms with E-state index in [2.05, 4.69) is 17.4 Å². The van der Waals surface area contributed by atoms with E-state index < -0.39 is 0 Å². The average Bonchev–Trinajstić information content (AvgIpc) is 2.45. The Morgan fingerprint density at radius 3 is 2.58 bits per heavy atom. The molecule has 1 aliphatic heterocycles. The van der Waals surface area contributed by atoms with Gasteiger partial charge in [-0.3, -0.25) is 0 Å². The van der Waals surface area contributed by atoms with E-state index in [1.165, 1.54) is 25.0 Å². The lowest BCUT2D eigenvalue weighted by atomic mass is 10.0. The summed E-state index contributed by atoms with van der Waals surface area (Å²) in [5.74, 6) is -0.177. The maximum Gasteiger partial charge on any atom is 0.123 e. The SMILES string of the molecule is CCCCC(NN1CCOCC1)c1ccc(F)cc1. The molecule has 1 fully saturated rings. The second-order valence-corrected chi connectivity index (χ2v) is 4.97. The van der Waals surface area contributed by atoms with Crippen molar-refractivity contribution in [1.82, 2.24) is 10.4 Å². The Hall–Kier alpha value is -0.970. The molecule has 0 spiro atoms. The van der Waals surface area contributed by atoms with Gasteiger partial charge >= 0.3 is 0 Å². The van der Waals surface area contributed by atoms with Crippen LogP contribution in [-0.4, -0.2) is 31.3 Å². The predicted octanol–water partition coefficient (Wildman–Crippen LogP) is 2.89. The van der Waals surface area contributed by atoms with Gasteiger partial charge in [-0.05, 0) is 24.1 Å². The van der Waals surface area contributed by atoms with Gasteiger partial charge in [-0.15, -0.1) is 0 Å². The van der Waals surface area contributed by atoms with Gasteiger partial charge in [0, 0.05) is 19.1 Å². The summed E-state index contributed by atoms with van der Waals surface area (Å²) < 4.78 is 18.4. The van der Waals surface area contributed by atoms with Gasteiger partial charge in [0.05, 0.1) is 13.2 Å². The maximum absolute atomic E-state index is 13.0. The number of nitrogens with zero attached hydrogens (tertiary/aromatic N) is 1. The third-order valence-electron chi connectivity index (χ3n) is 3.47. The molecule has 19 heavy (non-hydrogen) atoms. The van der Waals surface area contributed by atoms with E-state index in [1.54, 1.807) is 0 Å². The molecule has 1 aromatic rings. The molecular formula is C15H23FN2O. The van der Waals surface area contributed by atoms with Crippen LogP contribution in [0, 0.1) is 5.82 Å². The van der Waals surface area contributed by atoms with E-state index >= 15 is 0 Å².